The number of thiazole rings is 1. The Hall–Kier alpha value is -2.41. The number of fused-ring (bicyclic) bond motifs is 1. The average Bonchev–Trinajstić information content (AvgIpc) is 2.96. The number of aryl methyl sites for hydroxylation is 2. The van der Waals surface area contributed by atoms with Gasteiger partial charge in [-0.2, -0.15) is 0 Å². The van der Waals surface area contributed by atoms with Crippen LogP contribution in [0.2, 0.25) is 0 Å². The van der Waals surface area contributed by atoms with Crippen LogP contribution in [-0.4, -0.2) is 23.4 Å². The first-order chi connectivity index (χ1) is 11.6. The Morgan fingerprint density at radius 3 is 3.08 bits per heavy atom. The van der Waals surface area contributed by atoms with Gasteiger partial charge >= 0.3 is 0 Å². The number of carbonyl (C=O) groups is 2. The van der Waals surface area contributed by atoms with Crippen molar-refractivity contribution < 1.29 is 14.3 Å². The molecule has 24 heavy (non-hydrogen) atoms. The van der Waals surface area contributed by atoms with E-state index in [1.165, 1.54) is 11.3 Å². The summed E-state index contributed by atoms with van der Waals surface area (Å²) in [6.07, 6.45) is 2.25. The highest BCUT2D eigenvalue weighted by molar-refractivity contribution is 7.13. The lowest BCUT2D eigenvalue weighted by Crippen LogP contribution is -2.18. The third kappa shape index (κ3) is 4.32. The van der Waals surface area contributed by atoms with Crippen molar-refractivity contribution in [2.45, 2.75) is 32.6 Å². The molecule has 0 radical (unpaired) electrons. The molecule has 6 nitrogen and oxygen atoms in total. The lowest BCUT2D eigenvalue weighted by atomic mass is 10.0. The van der Waals surface area contributed by atoms with E-state index >= 15 is 0 Å². The molecule has 0 saturated carbocycles. The quantitative estimate of drug-likeness (QED) is 0.788. The number of benzene rings is 1. The number of anilines is 2. The van der Waals surface area contributed by atoms with E-state index in [0.29, 0.717) is 31.0 Å². The Morgan fingerprint density at radius 1 is 1.42 bits per heavy atom. The number of carbonyl (C=O) groups excluding carboxylic acids is 2. The van der Waals surface area contributed by atoms with Crippen LogP contribution in [-0.2, 0) is 16.0 Å². The Morgan fingerprint density at radius 2 is 2.29 bits per heavy atom. The second-order valence-electron chi connectivity index (χ2n) is 5.66. The molecule has 0 fully saturated rings. The number of amides is 2. The highest BCUT2D eigenvalue weighted by Crippen LogP contribution is 2.26. The molecule has 3 rings (SSSR count). The summed E-state index contributed by atoms with van der Waals surface area (Å²) in [5.41, 5.74) is 2.85. The SMILES string of the molecule is Cc1csc(NC(=O)CCCOc2ccc3c(c2)CCC(=O)N3)n1. The van der Waals surface area contributed by atoms with Gasteiger partial charge in [0.15, 0.2) is 5.13 Å². The molecule has 0 atom stereocenters. The van der Waals surface area contributed by atoms with Crippen LogP contribution in [0.4, 0.5) is 10.8 Å². The summed E-state index contributed by atoms with van der Waals surface area (Å²) in [5, 5.41) is 8.16. The normalized spacial score (nSPS) is 13.1. The second-order valence-corrected chi connectivity index (χ2v) is 6.52. The molecule has 0 spiro atoms. The second kappa shape index (κ2) is 7.44. The van der Waals surface area contributed by atoms with Gasteiger partial charge < -0.3 is 15.4 Å². The summed E-state index contributed by atoms with van der Waals surface area (Å²) in [7, 11) is 0. The highest BCUT2D eigenvalue weighted by atomic mass is 32.1. The molecular formula is C17H19N3O3S. The van der Waals surface area contributed by atoms with Gasteiger partial charge in [-0.3, -0.25) is 9.59 Å². The largest absolute Gasteiger partial charge is 0.494 e. The van der Waals surface area contributed by atoms with Crippen LogP contribution < -0.4 is 15.4 Å². The summed E-state index contributed by atoms with van der Waals surface area (Å²) in [6, 6.07) is 5.65. The van der Waals surface area contributed by atoms with Gasteiger partial charge in [0.1, 0.15) is 5.75 Å². The number of rotatable bonds is 6. The third-order valence-corrected chi connectivity index (χ3v) is 4.53. The molecule has 2 aromatic rings. The molecule has 7 heteroatoms. The first-order valence-corrected chi connectivity index (χ1v) is 8.76. The van der Waals surface area contributed by atoms with Gasteiger partial charge in [0.05, 0.1) is 12.3 Å². The monoisotopic (exact) mass is 345 g/mol. The fraction of sp³-hybridized carbons (Fsp3) is 0.353. The maximum absolute atomic E-state index is 11.8. The number of hydrogen-bond donors (Lipinski definition) is 2. The number of hydrogen-bond acceptors (Lipinski definition) is 5. The number of aromatic nitrogens is 1. The molecule has 126 valence electrons. The fourth-order valence-electron chi connectivity index (χ4n) is 2.47. The smallest absolute Gasteiger partial charge is 0.226 e. The molecule has 2 N–H and O–H groups in total. The van der Waals surface area contributed by atoms with Crippen LogP contribution in [0.25, 0.3) is 0 Å². The fourth-order valence-corrected chi connectivity index (χ4v) is 3.17. The van der Waals surface area contributed by atoms with Gasteiger partial charge in [-0.25, -0.2) is 4.98 Å². The molecule has 0 aliphatic carbocycles. The topological polar surface area (TPSA) is 80.3 Å². The lowest BCUT2D eigenvalue weighted by Gasteiger charge is -2.17. The molecule has 1 aromatic heterocycles. The van der Waals surface area contributed by atoms with Gasteiger partial charge in [0.2, 0.25) is 11.8 Å². The van der Waals surface area contributed by atoms with Crippen molar-refractivity contribution in [3.63, 3.8) is 0 Å². The van der Waals surface area contributed by atoms with E-state index in [9.17, 15) is 9.59 Å². The summed E-state index contributed by atoms with van der Waals surface area (Å²) < 4.78 is 5.70. The maximum atomic E-state index is 11.8. The molecule has 2 heterocycles. The van der Waals surface area contributed by atoms with E-state index in [4.69, 9.17) is 4.74 Å². The van der Waals surface area contributed by atoms with Crippen molar-refractivity contribution in [1.82, 2.24) is 4.98 Å². The van der Waals surface area contributed by atoms with Crippen molar-refractivity contribution >= 4 is 34.0 Å². The van der Waals surface area contributed by atoms with Crippen molar-refractivity contribution in [3.05, 3.63) is 34.8 Å². The number of ether oxygens (including phenoxy) is 1. The van der Waals surface area contributed by atoms with Crippen LogP contribution in [0, 0.1) is 6.92 Å². The zero-order chi connectivity index (χ0) is 16.9. The Labute approximate surface area is 144 Å². The van der Waals surface area contributed by atoms with E-state index in [-0.39, 0.29) is 11.8 Å². The summed E-state index contributed by atoms with van der Waals surface area (Å²) in [5.74, 6) is 0.763. The highest BCUT2D eigenvalue weighted by Gasteiger charge is 2.15. The Bertz CT molecular complexity index is 757. The first kappa shape index (κ1) is 16.4. The molecule has 1 aliphatic heterocycles. The minimum atomic E-state index is -0.0545. The van der Waals surface area contributed by atoms with E-state index in [0.717, 1.165) is 29.1 Å². The minimum Gasteiger partial charge on any atom is -0.494 e. The number of nitrogens with one attached hydrogen (secondary N) is 2. The van der Waals surface area contributed by atoms with Gasteiger partial charge in [0.25, 0.3) is 0 Å². The maximum Gasteiger partial charge on any atom is 0.226 e. The van der Waals surface area contributed by atoms with E-state index in [2.05, 4.69) is 15.6 Å². The average molecular weight is 345 g/mol. The van der Waals surface area contributed by atoms with Crippen molar-refractivity contribution in [1.29, 1.82) is 0 Å². The molecule has 0 bridgehead atoms. The zero-order valence-corrected chi connectivity index (χ0v) is 14.2. The Balaban J connectivity index is 1.42. The lowest BCUT2D eigenvalue weighted by molar-refractivity contribution is -0.117. The molecule has 0 unspecified atom stereocenters. The predicted molar refractivity (Wildman–Crippen MR) is 93.6 cm³/mol. The van der Waals surface area contributed by atoms with Crippen LogP contribution >= 0.6 is 11.3 Å². The molecule has 0 saturated heterocycles. The molecule has 2 amide bonds. The van der Waals surface area contributed by atoms with Gasteiger partial charge in [-0.1, -0.05) is 0 Å². The van der Waals surface area contributed by atoms with Gasteiger partial charge in [0, 0.05) is 23.9 Å². The standard InChI is InChI=1S/C17H19N3O3S/c1-11-10-24-17(18-11)20-15(21)3-2-8-23-13-5-6-14-12(9-13)4-7-16(22)19-14/h5-6,9-10H,2-4,7-8H2,1H3,(H,19,22)(H,18,20,21). The predicted octanol–water partition coefficient (Wildman–Crippen LogP) is 3.13. The van der Waals surface area contributed by atoms with E-state index in [1.807, 2.05) is 30.5 Å². The van der Waals surface area contributed by atoms with Crippen LogP contribution in [0.15, 0.2) is 23.6 Å². The van der Waals surface area contributed by atoms with Crippen molar-refractivity contribution in [2.24, 2.45) is 0 Å². The van der Waals surface area contributed by atoms with Crippen molar-refractivity contribution in [3.8, 4) is 5.75 Å². The van der Waals surface area contributed by atoms with E-state index < -0.39 is 0 Å². The number of nitrogens with zero attached hydrogens (tertiary/aromatic N) is 1. The van der Waals surface area contributed by atoms with E-state index in [1.54, 1.807) is 0 Å². The van der Waals surface area contributed by atoms with Crippen LogP contribution in [0.1, 0.15) is 30.5 Å². The van der Waals surface area contributed by atoms with Gasteiger partial charge in [-0.15, -0.1) is 11.3 Å². The summed E-state index contributed by atoms with van der Waals surface area (Å²) in [6.45, 7) is 2.36. The molecule has 1 aromatic carbocycles. The van der Waals surface area contributed by atoms with Crippen LogP contribution in [0.3, 0.4) is 0 Å². The van der Waals surface area contributed by atoms with Crippen molar-refractivity contribution in [2.75, 3.05) is 17.2 Å². The third-order valence-electron chi connectivity index (χ3n) is 3.65. The Kier molecular flexibility index (Phi) is 5.10. The summed E-state index contributed by atoms with van der Waals surface area (Å²) >= 11 is 1.42. The zero-order valence-electron chi connectivity index (χ0n) is 13.4. The van der Waals surface area contributed by atoms with Gasteiger partial charge in [-0.05, 0) is 43.5 Å². The molecular weight excluding hydrogens is 326 g/mol. The molecule has 1 aliphatic rings. The van der Waals surface area contributed by atoms with Crippen LogP contribution in [0.5, 0.6) is 5.75 Å². The minimum absolute atomic E-state index is 0.0533. The summed E-state index contributed by atoms with van der Waals surface area (Å²) in [4.78, 5) is 27.3. The first-order valence-electron chi connectivity index (χ1n) is 7.88.